The molecule has 0 radical (unpaired) electrons. The van der Waals surface area contributed by atoms with Gasteiger partial charge in [0.05, 0.1) is 38.0 Å². The molecule has 2 heterocycles. The van der Waals surface area contributed by atoms with E-state index in [1.54, 1.807) is 30.0 Å². The lowest BCUT2D eigenvalue weighted by Gasteiger charge is -2.38. The molecule has 1 unspecified atom stereocenters. The van der Waals surface area contributed by atoms with Gasteiger partial charge >= 0.3 is 24.2 Å². The first-order chi connectivity index (χ1) is 21.5. The number of urea groups is 2. The van der Waals surface area contributed by atoms with Crippen LogP contribution >= 0.6 is 0 Å². The molecule has 4 rings (SSSR count). The Balaban J connectivity index is 1.58. The number of amides is 4. The Morgan fingerprint density at radius 1 is 1.00 bits per heavy atom. The van der Waals surface area contributed by atoms with Crippen molar-refractivity contribution in [3.05, 3.63) is 64.9 Å². The molecule has 0 bridgehead atoms. The summed E-state index contributed by atoms with van der Waals surface area (Å²) in [6, 6.07) is 7.80. The van der Waals surface area contributed by atoms with Crippen LogP contribution in [0.1, 0.15) is 37.4 Å². The Morgan fingerprint density at radius 2 is 1.73 bits per heavy atom. The largest absolute Gasteiger partial charge is 0.493 e. The minimum absolute atomic E-state index is 0.129. The third-order valence-electron chi connectivity index (χ3n) is 7.71. The molecule has 2 aliphatic rings. The van der Waals surface area contributed by atoms with Crippen LogP contribution in [0.15, 0.2) is 53.7 Å². The number of anilines is 1. The average Bonchev–Trinajstić information content (AvgIpc) is 3.26. The molecule has 4 amide bonds. The van der Waals surface area contributed by atoms with Crippen molar-refractivity contribution in [3.63, 3.8) is 0 Å². The quantitative estimate of drug-likeness (QED) is 0.379. The van der Waals surface area contributed by atoms with Crippen LogP contribution in [-0.2, 0) is 15.7 Å². The number of para-hydroxylation sites is 1. The van der Waals surface area contributed by atoms with Gasteiger partial charge in [-0.3, -0.25) is 9.80 Å². The Bertz CT molecular complexity index is 1420. The molecule has 11 nitrogen and oxygen atoms in total. The molecule has 14 heteroatoms. The number of esters is 1. The Labute approximate surface area is 259 Å². The van der Waals surface area contributed by atoms with Gasteiger partial charge in [0.1, 0.15) is 0 Å². The molecule has 45 heavy (non-hydrogen) atoms. The summed E-state index contributed by atoms with van der Waals surface area (Å²) < 4.78 is 55.3. The van der Waals surface area contributed by atoms with E-state index in [4.69, 9.17) is 14.2 Å². The minimum Gasteiger partial charge on any atom is -0.493 e. The topological polar surface area (TPSA) is 113 Å². The van der Waals surface area contributed by atoms with E-state index in [1.165, 1.54) is 31.3 Å². The maximum Gasteiger partial charge on any atom is 0.416 e. The number of carbonyl (C=O) groups is 3. The van der Waals surface area contributed by atoms with Gasteiger partial charge < -0.3 is 29.7 Å². The number of carbonyl (C=O) groups excluding carboxylic acids is 3. The molecule has 0 spiro atoms. The zero-order valence-corrected chi connectivity index (χ0v) is 25.7. The van der Waals surface area contributed by atoms with E-state index in [9.17, 15) is 27.6 Å². The summed E-state index contributed by atoms with van der Waals surface area (Å²) in [4.78, 5) is 45.1. The van der Waals surface area contributed by atoms with E-state index in [1.807, 2.05) is 6.92 Å². The standard InChI is InChI=1S/C31H38F3N5O6/c1-5-39-23(25(28(40)45-6-2)26(36-30(39)42)22-9-7-10-24(43-3)27(22)44-4)19-37-15-8-16-38(18-17-37)29(41)35-21-13-11-20(12-14-21)31(32,33)34/h7,9-14,26H,5-6,8,15-19H2,1-4H3,(H,35,41)(H,36,42). The first-order valence-corrected chi connectivity index (χ1v) is 14.7. The molecule has 0 saturated carbocycles. The molecule has 2 aromatic rings. The molecule has 244 valence electrons. The SMILES string of the molecule is CCOC(=O)C1=C(CN2CCCN(C(=O)Nc3ccc(C(F)(F)F)cc3)CC2)N(CC)C(=O)NC1c1cccc(OC)c1OC. The second kappa shape index (κ2) is 14.5. The van der Waals surface area contributed by atoms with E-state index in [0.717, 1.165) is 12.1 Å². The van der Waals surface area contributed by atoms with Gasteiger partial charge in [0.2, 0.25) is 0 Å². The van der Waals surface area contributed by atoms with Crippen molar-refractivity contribution in [2.45, 2.75) is 32.5 Å². The van der Waals surface area contributed by atoms with Crippen molar-refractivity contribution in [3.8, 4) is 11.5 Å². The maximum absolute atomic E-state index is 13.5. The molecule has 0 aromatic heterocycles. The third kappa shape index (κ3) is 7.62. The van der Waals surface area contributed by atoms with E-state index in [2.05, 4.69) is 15.5 Å². The van der Waals surface area contributed by atoms with E-state index in [-0.39, 0.29) is 30.4 Å². The van der Waals surface area contributed by atoms with Crippen LogP contribution in [0.4, 0.5) is 28.4 Å². The Hall–Kier alpha value is -4.46. The molecule has 0 aliphatic carbocycles. The van der Waals surface area contributed by atoms with Crippen molar-refractivity contribution in [2.75, 3.05) is 65.4 Å². The number of methoxy groups -OCH3 is 2. The highest BCUT2D eigenvalue weighted by atomic mass is 19.4. The van der Waals surface area contributed by atoms with Crippen molar-refractivity contribution >= 4 is 23.7 Å². The Morgan fingerprint density at radius 3 is 2.36 bits per heavy atom. The lowest BCUT2D eigenvalue weighted by atomic mass is 9.93. The van der Waals surface area contributed by atoms with Gasteiger partial charge in [0, 0.05) is 56.2 Å². The maximum atomic E-state index is 13.5. The lowest BCUT2D eigenvalue weighted by Crippen LogP contribution is -2.51. The van der Waals surface area contributed by atoms with Crippen LogP contribution in [0.25, 0.3) is 0 Å². The van der Waals surface area contributed by atoms with Gasteiger partial charge in [-0.1, -0.05) is 12.1 Å². The molecule has 1 fully saturated rings. The van der Waals surface area contributed by atoms with E-state index in [0.29, 0.717) is 61.9 Å². The number of hydrogen-bond acceptors (Lipinski definition) is 7. The lowest BCUT2D eigenvalue weighted by molar-refractivity contribution is -0.139. The number of benzene rings is 2. The summed E-state index contributed by atoms with van der Waals surface area (Å²) >= 11 is 0. The third-order valence-corrected chi connectivity index (χ3v) is 7.71. The fourth-order valence-corrected chi connectivity index (χ4v) is 5.52. The molecule has 2 aliphatic heterocycles. The number of halogens is 3. The predicted molar refractivity (Wildman–Crippen MR) is 160 cm³/mol. The highest BCUT2D eigenvalue weighted by Gasteiger charge is 2.40. The number of rotatable bonds is 9. The van der Waals surface area contributed by atoms with Crippen LogP contribution in [0, 0.1) is 0 Å². The zero-order chi connectivity index (χ0) is 32.7. The van der Waals surface area contributed by atoms with E-state index < -0.39 is 29.8 Å². The first kappa shape index (κ1) is 33.4. The van der Waals surface area contributed by atoms with Crippen molar-refractivity contribution in [1.29, 1.82) is 0 Å². The number of nitrogens with zero attached hydrogens (tertiary/aromatic N) is 3. The molecular formula is C31H38F3N5O6. The van der Waals surface area contributed by atoms with Gasteiger partial charge in [-0.05, 0) is 50.6 Å². The van der Waals surface area contributed by atoms with Gasteiger partial charge in [-0.25, -0.2) is 14.4 Å². The van der Waals surface area contributed by atoms with Crippen LogP contribution in [-0.4, -0.2) is 92.8 Å². The monoisotopic (exact) mass is 633 g/mol. The highest BCUT2D eigenvalue weighted by molar-refractivity contribution is 5.95. The summed E-state index contributed by atoms with van der Waals surface area (Å²) in [6.07, 6.45) is -3.88. The molecule has 2 N–H and O–H groups in total. The van der Waals surface area contributed by atoms with Crippen molar-refractivity contribution in [1.82, 2.24) is 20.0 Å². The number of ether oxygens (including phenoxy) is 3. The van der Waals surface area contributed by atoms with Gasteiger partial charge in [0.15, 0.2) is 11.5 Å². The van der Waals surface area contributed by atoms with E-state index >= 15 is 0 Å². The molecule has 1 atom stereocenters. The number of nitrogens with one attached hydrogen (secondary N) is 2. The summed E-state index contributed by atoms with van der Waals surface area (Å²) in [5.74, 6) is 0.239. The summed E-state index contributed by atoms with van der Waals surface area (Å²) in [6.45, 7) is 5.89. The molecule has 2 aromatic carbocycles. The van der Waals surface area contributed by atoms with Crippen LogP contribution in [0.2, 0.25) is 0 Å². The van der Waals surface area contributed by atoms with Gasteiger partial charge in [0.25, 0.3) is 0 Å². The summed E-state index contributed by atoms with van der Waals surface area (Å²) in [5, 5.41) is 5.60. The number of likely N-dealkylation sites (N-methyl/N-ethyl adjacent to an activating group) is 1. The predicted octanol–water partition coefficient (Wildman–Crippen LogP) is 4.87. The van der Waals surface area contributed by atoms with Crippen LogP contribution in [0.5, 0.6) is 11.5 Å². The van der Waals surface area contributed by atoms with Crippen LogP contribution in [0.3, 0.4) is 0 Å². The molecule has 1 saturated heterocycles. The van der Waals surface area contributed by atoms with Crippen molar-refractivity contribution < 1.29 is 41.8 Å². The number of hydrogen-bond donors (Lipinski definition) is 2. The van der Waals surface area contributed by atoms with Crippen LogP contribution < -0.4 is 20.1 Å². The second-order valence-corrected chi connectivity index (χ2v) is 10.4. The summed E-state index contributed by atoms with van der Waals surface area (Å²) in [5.41, 5.74) is 0.739. The fourth-order valence-electron chi connectivity index (χ4n) is 5.52. The van der Waals surface area contributed by atoms with Gasteiger partial charge in [-0.15, -0.1) is 0 Å². The zero-order valence-electron chi connectivity index (χ0n) is 25.7. The second-order valence-electron chi connectivity index (χ2n) is 10.4. The summed E-state index contributed by atoms with van der Waals surface area (Å²) in [7, 11) is 2.98. The fraction of sp³-hybridized carbons (Fsp3) is 0.452. The smallest absolute Gasteiger partial charge is 0.416 e. The number of alkyl halides is 3. The van der Waals surface area contributed by atoms with Gasteiger partial charge in [-0.2, -0.15) is 13.2 Å². The Kier molecular flexibility index (Phi) is 10.8. The van der Waals surface area contributed by atoms with Crippen molar-refractivity contribution in [2.24, 2.45) is 0 Å². The highest BCUT2D eigenvalue weighted by Crippen LogP contribution is 2.40. The first-order valence-electron chi connectivity index (χ1n) is 14.7. The average molecular weight is 634 g/mol. The molecular weight excluding hydrogens is 595 g/mol. The minimum atomic E-state index is -4.47. The normalized spacial score (nSPS) is 17.8.